The maximum Gasteiger partial charge on any atom is 0.338 e. The van der Waals surface area contributed by atoms with Gasteiger partial charge in [0.15, 0.2) is 5.78 Å². The van der Waals surface area contributed by atoms with Crippen LogP contribution in [0.15, 0.2) is 64.8 Å². The number of carbonyl (C=O) groups is 2. The monoisotopic (exact) mass is 474 g/mol. The molecule has 0 spiro atoms. The first kappa shape index (κ1) is 25.8. The predicted molar refractivity (Wildman–Crippen MR) is 122 cm³/mol. The third-order valence-corrected chi connectivity index (χ3v) is 6.52. The van der Waals surface area contributed by atoms with Crippen LogP contribution in [0, 0.1) is 5.41 Å². The van der Waals surface area contributed by atoms with Gasteiger partial charge in [-0.2, -0.15) is 4.31 Å². The average Bonchev–Trinajstić information content (AvgIpc) is 2.77. The maximum absolute atomic E-state index is 13.2. The van der Waals surface area contributed by atoms with Crippen molar-refractivity contribution in [1.82, 2.24) is 4.31 Å². The van der Waals surface area contributed by atoms with E-state index in [-0.39, 0.29) is 34.0 Å². The summed E-state index contributed by atoms with van der Waals surface area (Å²) in [4.78, 5) is 23.9. The summed E-state index contributed by atoms with van der Waals surface area (Å²) >= 11 is 0. The van der Waals surface area contributed by atoms with Gasteiger partial charge in [0.1, 0.15) is 23.0 Å². The molecule has 0 aliphatic heterocycles. The van der Waals surface area contributed by atoms with Crippen LogP contribution < -0.4 is 4.74 Å². The number of sulfonamides is 1. The van der Waals surface area contributed by atoms with Crippen molar-refractivity contribution < 1.29 is 32.6 Å². The number of ketones is 1. The number of rotatable bonds is 10. The van der Waals surface area contributed by atoms with Crippen molar-refractivity contribution in [3.05, 3.63) is 71.0 Å². The van der Waals surface area contributed by atoms with Crippen molar-refractivity contribution in [2.24, 2.45) is 0 Å². The Bertz CT molecular complexity index is 1170. The van der Waals surface area contributed by atoms with Crippen LogP contribution in [0.25, 0.3) is 0 Å². The van der Waals surface area contributed by atoms with E-state index in [9.17, 15) is 23.1 Å². The molecule has 0 unspecified atom stereocenters. The summed E-state index contributed by atoms with van der Waals surface area (Å²) in [6, 6.07) is 12.8. The van der Waals surface area contributed by atoms with E-state index in [1.165, 1.54) is 40.1 Å². The van der Waals surface area contributed by atoms with Gasteiger partial charge in [-0.1, -0.05) is 30.3 Å². The Balaban J connectivity index is 2.31. The van der Waals surface area contributed by atoms with Crippen molar-refractivity contribution in [3.8, 4) is 5.75 Å². The zero-order chi connectivity index (χ0) is 24.8. The first-order chi connectivity index (χ1) is 15.5. The van der Waals surface area contributed by atoms with Crippen LogP contribution in [0.5, 0.6) is 5.75 Å². The number of carbonyl (C=O) groups excluding carboxylic acids is 2. The van der Waals surface area contributed by atoms with Gasteiger partial charge in [-0.05, 0) is 37.6 Å². The summed E-state index contributed by atoms with van der Waals surface area (Å²) in [5.41, 5.74) is 0.271. The van der Waals surface area contributed by atoms with Gasteiger partial charge in [0.05, 0.1) is 18.2 Å². The van der Waals surface area contributed by atoms with Crippen molar-refractivity contribution in [3.63, 3.8) is 0 Å². The summed E-state index contributed by atoms with van der Waals surface area (Å²) in [5.74, 6) is -1.98. The number of hydrogen-bond donors (Lipinski definition) is 2. The Labute approximate surface area is 192 Å². The molecule has 33 heavy (non-hydrogen) atoms. The number of methoxy groups -OCH3 is 1. The fourth-order valence-electron chi connectivity index (χ4n) is 3.07. The van der Waals surface area contributed by atoms with Gasteiger partial charge < -0.3 is 20.0 Å². The third-order valence-electron chi connectivity index (χ3n) is 4.69. The van der Waals surface area contributed by atoms with E-state index in [4.69, 9.17) is 14.9 Å². The minimum atomic E-state index is -4.03. The van der Waals surface area contributed by atoms with E-state index in [0.717, 1.165) is 15.9 Å². The molecular weight excluding hydrogens is 448 g/mol. The molecule has 0 atom stereocenters. The summed E-state index contributed by atoms with van der Waals surface area (Å²) < 4.78 is 37.7. The number of hydrogen-bond acceptors (Lipinski definition) is 8. The number of esters is 1. The Kier molecular flexibility index (Phi) is 8.50. The lowest BCUT2D eigenvalue weighted by atomic mass is 10.1. The molecule has 2 rings (SSSR count). The quantitative estimate of drug-likeness (QED) is 0.234. The molecule has 0 amide bonds. The van der Waals surface area contributed by atoms with E-state index in [1.54, 1.807) is 24.3 Å². The highest BCUT2D eigenvalue weighted by atomic mass is 32.2. The average molecular weight is 475 g/mol. The maximum atomic E-state index is 13.2. The lowest BCUT2D eigenvalue weighted by Gasteiger charge is -2.19. The fraction of sp³-hybridized carbons (Fsp3) is 0.261. The molecule has 0 fully saturated rings. The second kappa shape index (κ2) is 10.9. The molecule has 0 aliphatic rings. The molecule has 0 radical (unpaired) electrons. The molecule has 0 saturated heterocycles. The van der Waals surface area contributed by atoms with Crippen LogP contribution in [0.3, 0.4) is 0 Å². The summed E-state index contributed by atoms with van der Waals surface area (Å²) in [5, 5.41) is 17.6. The largest absolute Gasteiger partial charge is 0.508 e. The van der Waals surface area contributed by atoms with E-state index in [1.807, 2.05) is 6.07 Å². The van der Waals surface area contributed by atoms with E-state index < -0.39 is 34.1 Å². The molecule has 2 N–H and O–H groups in total. The van der Waals surface area contributed by atoms with Crippen LogP contribution in [0.1, 0.15) is 29.8 Å². The first-order valence-electron chi connectivity index (χ1n) is 9.83. The second-order valence-electron chi connectivity index (χ2n) is 7.19. The predicted octanol–water partition coefficient (Wildman–Crippen LogP) is 3.11. The van der Waals surface area contributed by atoms with Gasteiger partial charge in [-0.25, -0.2) is 13.2 Å². The molecule has 9 nitrogen and oxygen atoms in total. The number of Topliss-reactive ketones (excluding diaryl/α,β-unsaturated/α-hetero) is 1. The molecule has 10 heteroatoms. The SMILES string of the molecule is COc1ccc(C(=O)OC/C(O)=C(\C(C)=N)C(C)=O)cc1S(=O)(=O)N(C)Cc1ccccc1. The summed E-state index contributed by atoms with van der Waals surface area (Å²) in [6.45, 7) is 1.96. The molecule has 2 aromatic rings. The molecule has 0 heterocycles. The highest BCUT2D eigenvalue weighted by Gasteiger charge is 2.27. The van der Waals surface area contributed by atoms with Gasteiger partial charge in [0, 0.05) is 19.3 Å². The van der Waals surface area contributed by atoms with Crippen LogP contribution in [0.2, 0.25) is 0 Å². The van der Waals surface area contributed by atoms with Crippen molar-refractivity contribution >= 4 is 27.5 Å². The van der Waals surface area contributed by atoms with Crippen LogP contribution >= 0.6 is 0 Å². The fourth-order valence-corrected chi connectivity index (χ4v) is 4.41. The number of aliphatic hydroxyl groups is 1. The first-order valence-corrected chi connectivity index (χ1v) is 11.3. The number of nitrogens with zero attached hydrogens (tertiary/aromatic N) is 1. The number of nitrogens with one attached hydrogen (secondary N) is 1. The van der Waals surface area contributed by atoms with Crippen LogP contribution in [0.4, 0.5) is 0 Å². The van der Waals surface area contributed by atoms with Crippen molar-refractivity contribution in [2.75, 3.05) is 20.8 Å². The summed E-state index contributed by atoms with van der Waals surface area (Å²) in [6.07, 6.45) is 0. The Morgan fingerprint density at radius 1 is 1.09 bits per heavy atom. The van der Waals surface area contributed by atoms with Crippen LogP contribution in [-0.2, 0) is 26.1 Å². The van der Waals surface area contributed by atoms with Crippen molar-refractivity contribution in [2.45, 2.75) is 25.3 Å². The molecule has 0 aliphatic carbocycles. The van der Waals surface area contributed by atoms with Gasteiger partial charge >= 0.3 is 5.97 Å². The topological polar surface area (TPSA) is 134 Å². The number of allylic oxidation sites excluding steroid dienone is 1. The molecule has 0 aromatic heterocycles. The van der Waals surface area contributed by atoms with Gasteiger partial charge in [0.2, 0.25) is 10.0 Å². The molecule has 176 valence electrons. The van der Waals surface area contributed by atoms with Gasteiger partial charge in [-0.3, -0.25) is 4.79 Å². The Hall–Kier alpha value is -3.50. The summed E-state index contributed by atoms with van der Waals surface area (Å²) in [7, 11) is -1.30. The highest BCUT2D eigenvalue weighted by molar-refractivity contribution is 7.89. The molecular formula is C23H26N2O7S. The standard InChI is InChI=1S/C23H26N2O7S/c1-15(24)22(16(2)26)19(27)14-32-23(28)18-10-11-20(31-4)21(12-18)33(29,30)25(3)13-17-8-6-5-7-9-17/h5-12,24,27H,13-14H2,1-4H3/b22-19-,24-15?. The molecule has 0 saturated carbocycles. The number of ether oxygens (including phenoxy) is 2. The van der Waals surface area contributed by atoms with Gasteiger partial charge in [-0.15, -0.1) is 0 Å². The van der Waals surface area contributed by atoms with Crippen LogP contribution in [-0.4, -0.2) is 56.1 Å². The normalized spacial score (nSPS) is 12.2. The molecule has 0 bridgehead atoms. The van der Waals surface area contributed by atoms with Gasteiger partial charge in [0.25, 0.3) is 0 Å². The smallest absolute Gasteiger partial charge is 0.338 e. The third kappa shape index (κ3) is 6.27. The van der Waals surface area contributed by atoms with Crippen molar-refractivity contribution in [1.29, 1.82) is 5.41 Å². The van der Waals surface area contributed by atoms with E-state index >= 15 is 0 Å². The zero-order valence-corrected chi connectivity index (χ0v) is 19.6. The lowest BCUT2D eigenvalue weighted by molar-refractivity contribution is -0.113. The Morgan fingerprint density at radius 2 is 1.73 bits per heavy atom. The number of aliphatic hydroxyl groups excluding tert-OH is 1. The zero-order valence-electron chi connectivity index (χ0n) is 18.8. The minimum absolute atomic E-state index is 0.0486. The number of benzene rings is 2. The van der Waals surface area contributed by atoms with E-state index in [2.05, 4.69) is 0 Å². The molecule has 2 aromatic carbocycles. The Morgan fingerprint density at radius 3 is 2.27 bits per heavy atom. The second-order valence-corrected chi connectivity index (χ2v) is 9.20. The highest BCUT2D eigenvalue weighted by Crippen LogP contribution is 2.28. The minimum Gasteiger partial charge on any atom is -0.508 e. The lowest BCUT2D eigenvalue weighted by Crippen LogP contribution is -2.27. The van der Waals surface area contributed by atoms with E-state index in [0.29, 0.717) is 0 Å².